The fourth-order valence-corrected chi connectivity index (χ4v) is 3.10. The van der Waals surface area contributed by atoms with Crippen LogP contribution in [0.15, 0.2) is 24.3 Å². The summed E-state index contributed by atoms with van der Waals surface area (Å²) in [5.41, 5.74) is 3.14. The Morgan fingerprint density at radius 2 is 2.00 bits per heavy atom. The third kappa shape index (κ3) is 3.35. The number of hydrogen-bond acceptors (Lipinski definition) is 2. The summed E-state index contributed by atoms with van der Waals surface area (Å²) in [7, 11) is 0. The lowest BCUT2D eigenvalue weighted by Crippen LogP contribution is -2.48. The van der Waals surface area contributed by atoms with Gasteiger partial charge in [0.25, 0.3) is 0 Å². The monoisotopic (exact) mass is 274 g/mol. The first-order valence-corrected chi connectivity index (χ1v) is 8.01. The SMILES string of the molecule is CCCC(C)N1CC(C(C)(C)C)NCc2ccccc21. The van der Waals surface area contributed by atoms with Gasteiger partial charge in [-0.05, 0) is 30.4 Å². The molecule has 0 fully saturated rings. The van der Waals surface area contributed by atoms with E-state index in [0.717, 1.165) is 13.1 Å². The normalized spacial score (nSPS) is 21.2. The molecule has 1 N–H and O–H groups in total. The predicted molar refractivity (Wildman–Crippen MR) is 88.2 cm³/mol. The van der Waals surface area contributed by atoms with Gasteiger partial charge in [-0.1, -0.05) is 52.3 Å². The van der Waals surface area contributed by atoms with Gasteiger partial charge in [0.15, 0.2) is 0 Å². The minimum atomic E-state index is 0.284. The summed E-state index contributed by atoms with van der Waals surface area (Å²) in [6.07, 6.45) is 2.50. The first-order valence-electron chi connectivity index (χ1n) is 8.01. The third-order valence-electron chi connectivity index (χ3n) is 4.50. The molecule has 112 valence electrons. The van der Waals surface area contributed by atoms with Crippen molar-refractivity contribution in [2.24, 2.45) is 5.41 Å². The Hall–Kier alpha value is -1.02. The van der Waals surface area contributed by atoms with Crippen LogP contribution in [-0.2, 0) is 6.54 Å². The van der Waals surface area contributed by atoms with Gasteiger partial charge in [0.05, 0.1) is 0 Å². The molecule has 0 amide bonds. The molecule has 0 saturated carbocycles. The maximum atomic E-state index is 3.76. The van der Waals surface area contributed by atoms with Crippen molar-refractivity contribution in [3.8, 4) is 0 Å². The molecule has 1 aliphatic rings. The van der Waals surface area contributed by atoms with Crippen LogP contribution in [0.1, 0.15) is 53.0 Å². The Morgan fingerprint density at radius 1 is 1.30 bits per heavy atom. The second-order valence-corrected chi connectivity index (χ2v) is 7.22. The number of rotatable bonds is 3. The molecular formula is C18H30N2. The van der Waals surface area contributed by atoms with Gasteiger partial charge >= 0.3 is 0 Å². The maximum absolute atomic E-state index is 3.76. The quantitative estimate of drug-likeness (QED) is 0.888. The highest BCUT2D eigenvalue weighted by atomic mass is 15.2. The van der Waals surface area contributed by atoms with E-state index >= 15 is 0 Å². The topological polar surface area (TPSA) is 15.3 Å². The molecule has 0 aliphatic carbocycles. The zero-order chi connectivity index (χ0) is 14.8. The average Bonchev–Trinajstić information content (AvgIpc) is 2.58. The van der Waals surface area contributed by atoms with Gasteiger partial charge < -0.3 is 10.2 Å². The second kappa shape index (κ2) is 6.17. The molecule has 1 aromatic rings. The Kier molecular flexibility index (Phi) is 4.74. The van der Waals surface area contributed by atoms with E-state index in [0.29, 0.717) is 12.1 Å². The molecule has 0 spiro atoms. The van der Waals surface area contributed by atoms with Crippen molar-refractivity contribution in [2.45, 2.75) is 66.1 Å². The highest BCUT2D eigenvalue weighted by Gasteiger charge is 2.31. The number of anilines is 1. The van der Waals surface area contributed by atoms with Crippen LogP contribution in [0.4, 0.5) is 5.69 Å². The van der Waals surface area contributed by atoms with Crippen molar-refractivity contribution in [1.29, 1.82) is 0 Å². The zero-order valence-electron chi connectivity index (χ0n) is 13.7. The number of nitrogens with zero attached hydrogens (tertiary/aromatic N) is 1. The average molecular weight is 274 g/mol. The van der Waals surface area contributed by atoms with Crippen molar-refractivity contribution in [2.75, 3.05) is 11.4 Å². The standard InChI is InChI=1S/C18H30N2/c1-6-9-14(2)20-13-17(18(3,4)5)19-12-15-10-7-8-11-16(15)20/h7-8,10-11,14,17,19H,6,9,12-13H2,1-5H3. The van der Waals surface area contributed by atoms with Crippen molar-refractivity contribution in [3.63, 3.8) is 0 Å². The van der Waals surface area contributed by atoms with Crippen LogP contribution in [0, 0.1) is 5.41 Å². The molecule has 20 heavy (non-hydrogen) atoms. The molecule has 2 nitrogen and oxygen atoms in total. The van der Waals surface area contributed by atoms with Crippen LogP contribution in [-0.4, -0.2) is 18.6 Å². The van der Waals surface area contributed by atoms with E-state index in [2.05, 4.69) is 69.1 Å². The Balaban J connectivity index is 2.32. The summed E-state index contributed by atoms with van der Waals surface area (Å²) in [5.74, 6) is 0. The van der Waals surface area contributed by atoms with Gasteiger partial charge in [-0.25, -0.2) is 0 Å². The first kappa shape index (κ1) is 15.4. The summed E-state index contributed by atoms with van der Waals surface area (Å²) in [6.45, 7) is 13.7. The Labute approximate surface area is 124 Å². The lowest BCUT2D eigenvalue weighted by molar-refractivity contribution is 0.268. The fraction of sp³-hybridized carbons (Fsp3) is 0.667. The minimum absolute atomic E-state index is 0.284. The molecule has 0 aromatic heterocycles. The van der Waals surface area contributed by atoms with Crippen molar-refractivity contribution < 1.29 is 0 Å². The molecular weight excluding hydrogens is 244 g/mol. The van der Waals surface area contributed by atoms with E-state index < -0.39 is 0 Å². The smallest absolute Gasteiger partial charge is 0.0414 e. The van der Waals surface area contributed by atoms with Crippen LogP contribution in [0.2, 0.25) is 0 Å². The van der Waals surface area contributed by atoms with E-state index in [9.17, 15) is 0 Å². The number of benzene rings is 1. The fourth-order valence-electron chi connectivity index (χ4n) is 3.10. The molecule has 2 rings (SSSR count). The van der Waals surface area contributed by atoms with Gasteiger partial charge in [0.1, 0.15) is 0 Å². The lowest BCUT2D eigenvalue weighted by Gasteiger charge is -2.38. The van der Waals surface area contributed by atoms with E-state index in [1.165, 1.54) is 24.1 Å². The molecule has 1 aromatic carbocycles. The van der Waals surface area contributed by atoms with Crippen LogP contribution in [0.25, 0.3) is 0 Å². The molecule has 2 atom stereocenters. The maximum Gasteiger partial charge on any atom is 0.0414 e. The molecule has 0 saturated heterocycles. The van der Waals surface area contributed by atoms with E-state index in [-0.39, 0.29) is 5.41 Å². The van der Waals surface area contributed by atoms with Gasteiger partial charge in [-0.2, -0.15) is 0 Å². The summed E-state index contributed by atoms with van der Waals surface area (Å²) in [4.78, 5) is 2.62. The summed E-state index contributed by atoms with van der Waals surface area (Å²) >= 11 is 0. The first-order chi connectivity index (χ1) is 9.43. The predicted octanol–water partition coefficient (Wildman–Crippen LogP) is 4.20. The van der Waals surface area contributed by atoms with Crippen LogP contribution in [0.3, 0.4) is 0 Å². The third-order valence-corrected chi connectivity index (χ3v) is 4.50. The molecule has 2 unspecified atom stereocenters. The molecule has 0 bridgehead atoms. The Bertz CT molecular complexity index is 433. The van der Waals surface area contributed by atoms with E-state index in [4.69, 9.17) is 0 Å². The van der Waals surface area contributed by atoms with Crippen molar-refractivity contribution in [3.05, 3.63) is 29.8 Å². The Morgan fingerprint density at radius 3 is 2.65 bits per heavy atom. The molecule has 1 aliphatic heterocycles. The summed E-state index contributed by atoms with van der Waals surface area (Å²) < 4.78 is 0. The molecule has 2 heteroatoms. The highest BCUT2D eigenvalue weighted by Crippen LogP contribution is 2.31. The highest BCUT2D eigenvalue weighted by molar-refractivity contribution is 5.55. The van der Waals surface area contributed by atoms with Crippen LogP contribution < -0.4 is 10.2 Å². The van der Waals surface area contributed by atoms with Crippen LogP contribution in [0.5, 0.6) is 0 Å². The van der Waals surface area contributed by atoms with Gasteiger partial charge in [-0.15, -0.1) is 0 Å². The number of fused-ring (bicyclic) bond motifs is 1. The van der Waals surface area contributed by atoms with Gasteiger partial charge in [-0.3, -0.25) is 0 Å². The summed E-state index contributed by atoms with van der Waals surface area (Å²) in [5, 5.41) is 3.76. The zero-order valence-corrected chi connectivity index (χ0v) is 13.7. The summed E-state index contributed by atoms with van der Waals surface area (Å²) in [6, 6.07) is 10.00. The minimum Gasteiger partial charge on any atom is -0.367 e. The van der Waals surface area contributed by atoms with Crippen molar-refractivity contribution >= 4 is 5.69 Å². The molecule has 0 radical (unpaired) electrons. The van der Waals surface area contributed by atoms with Gasteiger partial charge in [0.2, 0.25) is 0 Å². The van der Waals surface area contributed by atoms with E-state index in [1.807, 2.05) is 0 Å². The number of para-hydroxylation sites is 1. The largest absolute Gasteiger partial charge is 0.367 e. The number of hydrogen-bond donors (Lipinski definition) is 1. The number of nitrogens with one attached hydrogen (secondary N) is 1. The molecule has 1 heterocycles. The van der Waals surface area contributed by atoms with E-state index in [1.54, 1.807) is 0 Å². The van der Waals surface area contributed by atoms with Crippen molar-refractivity contribution in [1.82, 2.24) is 5.32 Å². The van der Waals surface area contributed by atoms with Gasteiger partial charge in [0, 0.05) is 30.9 Å². The second-order valence-electron chi connectivity index (χ2n) is 7.22. The lowest BCUT2D eigenvalue weighted by atomic mass is 9.86. The van der Waals surface area contributed by atoms with Crippen LogP contribution >= 0.6 is 0 Å².